The fourth-order valence-corrected chi connectivity index (χ4v) is 6.52. The molecule has 10 nitrogen and oxygen atoms in total. The van der Waals surface area contributed by atoms with Gasteiger partial charge in [-0.2, -0.15) is 0 Å². The van der Waals surface area contributed by atoms with Gasteiger partial charge >= 0.3 is 11.9 Å². The molecule has 2 amide bonds. The molecule has 5 atom stereocenters. The molecule has 0 aliphatic carbocycles. The zero-order chi connectivity index (χ0) is 26.0. The van der Waals surface area contributed by atoms with Crippen molar-refractivity contribution in [1.29, 1.82) is 0 Å². The highest BCUT2D eigenvalue weighted by atomic mass is 32.2. The number of carbonyl (C=O) groups excluding carboxylic acids is 4. The second-order valence-corrected chi connectivity index (χ2v) is 10.7. The van der Waals surface area contributed by atoms with E-state index in [9.17, 15) is 19.2 Å². The lowest BCUT2D eigenvalue weighted by molar-refractivity contribution is -0.171. The summed E-state index contributed by atoms with van der Waals surface area (Å²) in [5, 5.41) is 5.64. The van der Waals surface area contributed by atoms with Crippen molar-refractivity contribution in [1.82, 2.24) is 15.5 Å². The molecule has 2 saturated heterocycles. The number of carbonyl (C=O) groups is 4. The number of amides is 2. The maximum Gasteiger partial charge on any atom is 0.361 e. The summed E-state index contributed by atoms with van der Waals surface area (Å²) in [4.78, 5) is 53.1. The summed E-state index contributed by atoms with van der Waals surface area (Å²) in [5.41, 5.74) is 5.46. The largest absolute Gasteiger partial charge is 0.460 e. The molecule has 4 N–H and O–H groups in total. The number of thioether (sulfide) groups is 1. The number of ether oxygens (including phenoxy) is 2. The number of β-lactam (4-membered cyclic amide) rings is 1. The Morgan fingerprint density at radius 3 is 2.67 bits per heavy atom. The van der Waals surface area contributed by atoms with Crippen molar-refractivity contribution in [2.24, 2.45) is 17.6 Å². The molecular formula is C24H28N4O6S2. The fourth-order valence-electron chi connectivity index (χ4n) is 4.71. The third-order valence-electron chi connectivity index (χ3n) is 6.41. The van der Waals surface area contributed by atoms with Gasteiger partial charge in [0.2, 0.25) is 11.8 Å². The highest BCUT2D eigenvalue weighted by Crippen LogP contribution is 2.52. The van der Waals surface area contributed by atoms with Crippen LogP contribution in [0, 0.1) is 11.8 Å². The Kier molecular flexibility index (Phi) is 7.96. The Morgan fingerprint density at radius 1 is 1.31 bits per heavy atom. The third-order valence-corrected chi connectivity index (χ3v) is 8.20. The standard InChI is InChI=1S/C24H28N4O6S2/c1-12-20-19(13(2)33-18(30)11-26-16(29)9-25)23(31)28(20)21(22(12)36-15-8-17(35)27-10-15)24(32)34-14-6-4-3-5-7-14/h3-7,12-13,15,19-20H,8-11,25H2,1-2H3,(H,26,29)(H,27,35)/t12-,13-,15-,19-,20-/m1/s1. The van der Waals surface area contributed by atoms with E-state index >= 15 is 0 Å². The zero-order valence-corrected chi connectivity index (χ0v) is 21.5. The van der Waals surface area contributed by atoms with Crippen LogP contribution in [-0.4, -0.2) is 70.7 Å². The van der Waals surface area contributed by atoms with Crippen LogP contribution < -0.4 is 21.1 Å². The molecule has 0 saturated carbocycles. The van der Waals surface area contributed by atoms with Crippen molar-refractivity contribution in [3.8, 4) is 5.75 Å². The molecule has 0 spiro atoms. The number of hydrogen-bond donors (Lipinski definition) is 3. The normalized spacial score (nSPS) is 25.6. The van der Waals surface area contributed by atoms with Gasteiger partial charge < -0.3 is 30.7 Å². The Bertz CT molecular complexity index is 1110. The number of nitrogens with two attached hydrogens (primary N) is 1. The van der Waals surface area contributed by atoms with Gasteiger partial charge in [0.05, 0.1) is 23.5 Å². The maximum atomic E-state index is 13.3. The minimum absolute atomic E-state index is 0.128. The lowest BCUT2D eigenvalue weighted by atomic mass is 9.79. The predicted molar refractivity (Wildman–Crippen MR) is 137 cm³/mol. The monoisotopic (exact) mass is 532 g/mol. The van der Waals surface area contributed by atoms with Crippen molar-refractivity contribution in [3.63, 3.8) is 0 Å². The maximum absolute atomic E-state index is 13.3. The third kappa shape index (κ3) is 5.25. The predicted octanol–water partition coefficient (Wildman–Crippen LogP) is 0.709. The molecule has 4 rings (SSSR count). The van der Waals surface area contributed by atoms with Crippen molar-refractivity contribution in [2.45, 2.75) is 37.7 Å². The lowest BCUT2D eigenvalue weighted by Crippen LogP contribution is -2.64. The number of rotatable bonds is 9. The van der Waals surface area contributed by atoms with Crippen molar-refractivity contribution < 1.29 is 28.7 Å². The Balaban J connectivity index is 1.52. The molecule has 1 aromatic rings. The van der Waals surface area contributed by atoms with Gasteiger partial charge in [-0.15, -0.1) is 11.8 Å². The van der Waals surface area contributed by atoms with Crippen LogP contribution in [-0.2, 0) is 23.9 Å². The highest BCUT2D eigenvalue weighted by Gasteiger charge is 2.61. The molecule has 0 unspecified atom stereocenters. The summed E-state index contributed by atoms with van der Waals surface area (Å²) in [7, 11) is 0. The summed E-state index contributed by atoms with van der Waals surface area (Å²) in [6, 6.07) is 8.32. The first-order valence-electron chi connectivity index (χ1n) is 11.6. The summed E-state index contributed by atoms with van der Waals surface area (Å²) >= 11 is 6.80. The van der Waals surface area contributed by atoms with Gasteiger partial charge in [-0.05, 0) is 19.1 Å². The average Bonchev–Trinajstić information content (AvgIpc) is 3.37. The van der Waals surface area contributed by atoms with E-state index in [1.165, 1.54) is 16.7 Å². The molecular weight excluding hydrogens is 504 g/mol. The highest BCUT2D eigenvalue weighted by molar-refractivity contribution is 8.03. The van der Waals surface area contributed by atoms with E-state index in [1.54, 1.807) is 31.2 Å². The van der Waals surface area contributed by atoms with Crippen LogP contribution >= 0.6 is 24.0 Å². The van der Waals surface area contributed by atoms with Gasteiger partial charge in [-0.25, -0.2) is 4.79 Å². The minimum atomic E-state index is -0.750. The summed E-state index contributed by atoms with van der Waals surface area (Å²) in [6.45, 7) is 3.69. The van der Waals surface area contributed by atoms with Gasteiger partial charge in [0.15, 0.2) is 0 Å². The smallest absolute Gasteiger partial charge is 0.361 e. The van der Waals surface area contributed by atoms with E-state index in [0.29, 0.717) is 18.7 Å². The molecule has 0 bridgehead atoms. The lowest BCUT2D eigenvalue weighted by Gasteiger charge is -2.47. The number of benzene rings is 1. The van der Waals surface area contributed by atoms with Gasteiger partial charge in [0, 0.05) is 29.0 Å². The molecule has 0 radical (unpaired) electrons. The van der Waals surface area contributed by atoms with Crippen LogP contribution in [0.5, 0.6) is 5.75 Å². The number of hydrogen-bond acceptors (Lipinski definition) is 9. The van der Waals surface area contributed by atoms with E-state index in [-0.39, 0.29) is 41.9 Å². The first kappa shape index (κ1) is 26.1. The molecule has 0 aromatic heterocycles. The summed E-state index contributed by atoms with van der Waals surface area (Å²) in [6.07, 6.45) is -0.0677. The average molecular weight is 533 g/mol. The zero-order valence-electron chi connectivity index (χ0n) is 19.9. The molecule has 12 heteroatoms. The fraction of sp³-hybridized carbons (Fsp3) is 0.458. The number of esters is 2. The molecule has 3 aliphatic rings. The number of nitrogens with zero attached hydrogens (tertiary/aromatic N) is 1. The first-order valence-corrected chi connectivity index (χ1v) is 12.9. The van der Waals surface area contributed by atoms with Crippen molar-refractivity contribution in [3.05, 3.63) is 40.9 Å². The van der Waals surface area contributed by atoms with E-state index in [1.807, 2.05) is 13.0 Å². The Hall–Kier alpha value is -2.96. The van der Waals surface area contributed by atoms with E-state index in [4.69, 9.17) is 27.4 Å². The minimum Gasteiger partial charge on any atom is -0.460 e. The Morgan fingerprint density at radius 2 is 2.03 bits per heavy atom. The first-order chi connectivity index (χ1) is 17.2. The van der Waals surface area contributed by atoms with Crippen LogP contribution in [0.4, 0.5) is 0 Å². The van der Waals surface area contributed by atoms with E-state index in [2.05, 4.69) is 10.6 Å². The van der Waals surface area contributed by atoms with Crippen LogP contribution in [0.1, 0.15) is 20.3 Å². The van der Waals surface area contributed by atoms with Crippen LogP contribution in [0.2, 0.25) is 0 Å². The topological polar surface area (TPSA) is 140 Å². The molecule has 3 aliphatic heterocycles. The van der Waals surface area contributed by atoms with Crippen molar-refractivity contribution in [2.75, 3.05) is 19.6 Å². The summed E-state index contributed by atoms with van der Waals surface area (Å²) < 4.78 is 11.0. The van der Waals surface area contributed by atoms with E-state index < -0.39 is 29.9 Å². The molecule has 3 heterocycles. The van der Waals surface area contributed by atoms with E-state index in [0.717, 1.165) is 9.89 Å². The second kappa shape index (κ2) is 11.0. The number of para-hydroxylation sites is 1. The van der Waals surface area contributed by atoms with Gasteiger partial charge in [-0.1, -0.05) is 37.3 Å². The molecule has 192 valence electrons. The van der Waals surface area contributed by atoms with Crippen LogP contribution in [0.15, 0.2) is 40.9 Å². The van der Waals surface area contributed by atoms with Crippen molar-refractivity contribution >= 4 is 52.7 Å². The quantitative estimate of drug-likeness (QED) is 0.180. The van der Waals surface area contributed by atoms with Crippen LogP contribution in [0.3, 0.4) is 0 Å². The number of fused-ring (bicyclic) bond motifs is 1. The number of nitrogens with one attached hydrogen (secondary N) is 2. The summed E-state index contributed by atoms with van der Waals surface area (Å²) in [5.74, 6) is -2.49. The molecule has 2 fully saturated rings. The molecule has 1 aromatic carbocycles. The SMILES string of the molecule is C[C@@H](OC(=O)CNC(=O)CN)[C@H]1C(=O)N2C(C(=O)Oc3ccccc3)=C(S[C@H]3CNC(=S)C3)[C@H](C)[C@H]12. The van der Waals surface area contributed by atoms with Gasteiger partial charge in [-0.3, -0.25) is 14.4 Å². The second-order valence-electron chi connectivity index (χ2n) is 8.85. The molecule has 36 heavy (non-hydrogen) atoms. The van der Waals surface area contributed by atoms with Gasteiger partial charge in [0.25, 0.3) is 0 Å². The Labute approximate surface area is 218 Å². The van der Waals surface area contributed by atoms with Crippen LogP contribution in [0.25, 0.3) is 0 Å². The van der Waals surface area contributed by atoms with Gasteiger partial charge in [0.1, 0.15) is 24.1 Å². The number of thiocarbonyl (C=S) groups is 1.